The first kappa shape index (κ1) is 26.1. The largest absolute Gasteiger partial charge is 0.476 e. The van der Waals surface area contributed by atoms with Gasteiger partial charge in [0.15, 0.2) is 0 Å². The second-order valence-corrected chi connectivity index (χ2v) is 4.43. The van der Waals surface area contributed by atoms with Gasteiger partial charge < -0.3 is 0 Å². The Balaban J connectivity index is 0. The molecule has 0 atom stereocenters. The fourth-order valence-corrected chi connectivity index (χ4v) is 0.750. The van der Waals surface area contributed by atoms with Crippen LogP contribution in [0.1, 0.15) is 0 Å². The molecule has 0 aliphatic carbocycles. The van der Waals surface area contributed by atoms with Crippen molar-refractivity contribution in [3.8, 4) is 0 Å². The highest BCUT2D eigenvalue weighted by Gasteiger charge is 2.91. The minimum absolute atomic E-state index is 5.67. The van der Waals surface area contributed by atoms with Crippen LogP contribution in [0.4, 0.5) is 69.2 Å². The fourth-order valence-electron chi connectivity index (χ4n) is 0.750. The molecule has 0 saturated heterocycles. The van der Waals surface area contributed by atoms with E-state index in [1.54, 1.807) is 0 Å². The topological polar surface area (TPSA) is 34.1 Å². The van der Waals surface area contributed by atoms with E-state index in [4.69, 9.17) is 8.42 Å². The van der Waals surface area contributed by atoms with E-state index in [1.165, 1.54) is 0 Å². The van der Waals surface area contributed by atoms with Gasteiger partial charge in [0.2, 0.25) is 0 Å². The molecule has 0 radical (unpaired) electrons. The molecule has 0 aromatic heterocycles. The van der Waals surface area contributed by atoms with Gasteiger partial charge in [-0.05, 0) is 0 Å². The summed E-state index contributed by atoms with van der Waals surface area (Å²) in [6.45, 7) is 0. The Labute approximate surface area is 125 Å². The van der Waals surface area contributed by atoms with Crippen LogP contribution in [0, 0.1) is 0 Å². The van der Waals surface area contributed by atoms with Gasteiger partial charge >= 0.3 is 46.7 Å². The zero-order valence-electron chi connectivity index (χ0n) is 10.3. The van der Waals surface area contributed by atoms with Crippen molar-refractivity contribution < 1.29 is 77.7 Å². The molecule has 154 valence electrons. The van der Waals surface area contributed by atoms with Gasteiger partial charge in [-0.2, -0.15) is 69.9 Å². The molecule has 0 spiro atoms. The molecule has 19 heteroatoms. The molecule has 0 fully saturated rings. The van der Waals surface area contributed by atoms with Crippen LogP contribution < -0.4 is 0 Å². The van der Waals surface area contributed by atoms with Crippen LogP contribution >= 0.6 is 0 Å². The van der Waals surface area contributed by atoms with Crippen LogP contribution in [0.2, 0.25) is 0 Å². The minimum Gasteiger partial charge on any atom is -0.192 e. The van der Waals surface area contributed by atoms with Crippen LogP contribution in [0.5, 0.6) is 0 Å². The molecular weight excluding hydrogens is 440 g/mol. The summed E-state index contributed by atoms with van der Waals surface area (Å²) in [6, 6.07) is 0. The number of hydrogen-bond acceptors (Lipinski definition) is 2. The molecule has 2 nitrogen and oxygen atoms in total. The van der Waals surface area contributed by atoms with Gasteiger partial charge in [0.1, 0.15) is 0 Å². The summed E-state index contributed by atoms with van der Waals surface area (Å²) in [5.41, 5.74) is 0. The molecule has 0 saturated carbocycles. The van der Waals surface area contributed by atoms with Gasteiger partial charge in [0, 0.05) is 0 Å². The smallest absolute Gasteiger partial charge is 0.192 e. The SMILES string of the molecule is FC(F)(F)C(F)(F)C(F)(F)C(F)(F)C(F)(F)C(F)(F)F.O=S(=O)(F)F. The van der Waals surface area contributed by atoms with Crippen LogP contribution in [-0.4, -0.2) is 44.5 Å². The summed E-state index contributed by atoms with van der Waals surface area (Å²) in [6.07, 6.45) is -15.0. The van der Waals surface area contributed by atoms with E-state index in [0.717, 1.165) is 0 Å². The maximum absolute atomic E-state index is 12.3. The highest BCUT2D eigenvalue weighted by molar-refractivity contribution is 7.81. The van der Waals surface area contributed by atoms with Gasteiger partial charge in [0.05, 0.1) is 0 Å². The average molecular weight is 440 g/mol. The third kappa shape index (κ3) is 5.16. The zero-order chi connectivity index (χ0) is 21.5. The van der Waals surface area contributed by atoms with Crippen molar-refractivity contribution in [2.24, 2.45) is 0 Å². The Morgan fingerprint density at radius 2 is 0.520 bits per heavy atom. The van der Waals surface area contributed by atoms with Crippen molar-refractivity contribution in [1.29, 1.82) is 0 Å². The Hall–Kier alpha value is -1.17. The molecule has 0 unspecified atom stereocenters. The van der Waals surface area contributed by atoms with Crippen LogP contribution in [0.3, 0.4) is 0 Å². The van der Waals surface area contributed by atoms with Gasteiger partial charge in [-0.25, -0.2) is 0 Å². The Kier molecular flexibility index (Phi) is 6.80. The molecule has 0 bridgehead atoms. The molecule has 0 aromatic carbocycles. The van der Waals surface area contributed by atoms with Crippen LogP contribution in [0.15, 0.2) is 0 Å². The lowest BCUT2D eigenvalue weighted by molar-refractivity contribution is -0.451. The Morgan fingerprint density at radius 1 is 0.400 bits per heavy atom. The summed E-state index contributed by atoms with van der Waals surface area (Å²) in [4.78, 5) is 0. The molecule has 0 rings (SSSR count). The number of hydrogen-bond donors (Lipinski definition) is 0. The summed E-state index contributed by atoms with van der Waals surface area (Å²) < 4.78 is 203. The number of alkyl halides is 14. The molecule has 0 amide bonds. The van der Waals surface area contributed by atoms with E-state index >= 15 is 0 Å². The van der Waals surface area contributed by atoms with Crippen molar-refractivity contribution in [2.75, 3.05) is 0 Å². The standard InChI is InChI=1S/C6F14.F2O2S/c7-1(8,3(11,12)5(15,16)17)2(9,10)4(13,14)6(18,19)20;1-5(2,3)4. The monoisotopic (exact) mass is 440 g/mol. The van der Waals surface area contributed by atoms with Crippen molar-refractivity contribution in [3.05, 3.63) is 0 Å². The van der Waals surface area contributed by atoms with Gasteiger partial charge in [-0.1, -0.05) is 7.77 Å². The molecule has 0 aromatic rings. The van der Waals surface area contributed by atoms with E-state index in [1.807, 2.05) is 0 Å². The van der Waals surface area contributed by atoms with E-state index in [2.05, 4.69) is 0 Å². The average Bonchev–Trinajstić information content (AvgIpc) is 2.22. The lowest BCUT2D eigenvalue weighted by Crippen LogP contribution is -2.69. The predicted octanol–water partition coefficient (Wildman–Crippen LogP) is 4.82. The summed E-state index contributed by atoms with van der Waals surface area (Å²) in [5, 5.41) is 0. The fraction of sp³-hybridized carbons (Fsp3) is 1.00. The van der Waals surface area contributed by atoms with Gasteiger partial charge in [-0.3, -0.25) is 0 Å². The highest BCUT2D eigenvalue weighted by Crippen LogP contribution is 2.60. The van der Waals surface area contributed by atoms with Crippen LogP contribution in [0.25, 0.3) is 0 Å². The third-order valence-electron chi connectivity index (χ3n) is 1.90. The number of rotatable bonds is 3. The van der Waals surface area contributed by atoms with E-state index < -0.39 is 46.7 Å². The first-order chi connectivity index (χ1) is 10.2. The van der Waals surface area contributed by atoms with Crippen molar-refractivity contribution in [1.82, 2.24) is 0 Å². The number of halogens is 16. The maximum Gasteiger partial charge on any atom is 0.476 e. The first-order valence-electron chi connectivity index (χ1n) is 4.54. The normalized spacial score (nSPS) is 15.5. The minimum atomic E-state index is -8.04. The third-order valence-corrected chi connectivity index (χ3v) is 1.90. The van der Waals surface area contributed by atoms with Crippen molar-refractivity contribution in [2.45, 2.75) is 36.0 Å². The van der Waals surface area contributed by atoms with E-state index in [0.29, 0.717) is 0 Å². The first-order valence-corrected chi connectivity index (χ1v) is 5.82. The summed E-state index contributed by atoms with van der Waals surface area (Å²) >= 11 is 0. The molecule has 0 aliphatic rings. The quantitative estimate of drug-likeness (QED) is 0.466. The highest BCUT2D eigenvalue weighted by atomic mass is 32.3. The maximum atomic E-state index is 12.3. The van der Waals surface area contributed by atoms with Crippen molar-refractivity contribution in [3.63, 3.8) is 0 Å². The van der Waals surface area contributed by atoms with E-state index in [9.17, 15) is 69.2 Å². The summed E-state index contributed by atoms with van der Waals surface area (Å²) in [7, 11) is -5.67. The molecular formula is C6F16O2S. The second kappa shape index (κ2) is 6.53. The van der Waals surface area contributed by atoms with Crippen LogP contribution in [-0.2, 0) is 10.6 Å². The molecule has 25 heavy (non-hydrogen) atoms. The van der Waals surface area contributed by atoms with E-state index in [-0.39, 0.29) is 0 Å². The predicted molar refractivity (Wildman–Crippen MR) is 43.0 cm³/mol. The van der Waals surface area contributed by atoms with Crippen molar-refractivity contribution >= 4 is 10.6 Å². The molecule has 0 N–H and O–H groups in total. The summed E-state index contributed by atoms with van der Waals surface area (Å²) in [5.74, 6) is -31.7. The Bertz CT molecular complexity index is 508. The van der Waals surface area contributed by atoms with Gasteiger partial charge in [0.25, 0.3) is 0 Å². The zero-order valence-corrected chi connectivity index (χ0v) is 11.1. The lowest BCUT2D eigenvalue weighted by atomic mass is 9.98. The molecule has 0 heterocycles. The second-order valence-electron chi connectivity index (χ2n) is 3.67. The lowest BCUT2D eigenvalue weighted by Gasteiger charge is -2.37. The van der Waals surface area contributed by atoms with Gasteiger partial charge in [-0.15, -0.1) is 0 Å². The molecule has 0 aliphatic heterocycles. The Morgan fingerprint density at radius 3 is 0.600 bits per heavy atom.